The zero-order valence-electron chi connectivity index (χ0n) is 11.9. The fraction of sp³-hybridized carbons (Fsp3) is 0.125. The van der Waals surface area contributed by atoms with E-state index in [1.165, 1.54) is 0 Å². The van der Waals surface area contributed by atoms with Crippen LogP contribution in [0.25, 0.3) is 11.0 Å². The number of carbonyl (C=O) groups is 1. The topological polar surface area (TPSA) is 83.8 Å². The molecule has 1 amide bonds. The van der Waals surface area contributed by atoms with Crippen molar-refractivity contribution in [2.75, 3.05) is 5.32 Å². The van der Waals surface area contributed by atoms with E-state index in [2.05, 4.69) is 31.2 Å². The van der Waals surface area contributed by atoms with Crippen molar-refractivity contribution in [2.45, 2.75) is 13.0 Å². The van der Waals surface area contributed by atoms with Crippen molar-refractivity contribution in [2.24, 2.45) is 5.73 Å². The molecule has 6 heteroatoms. The standard InChI is InChI=1S/C16H15BrN4O/c1-9(18)10-2-3-11(13(17)8-10)16(22)21-14-5-7-20-15-12(14)4-6-19-15/h2-9H,18H2,1H3,(H2,19,20,21,22). The number of benzene rings is 1. The first kappa shape index (κ1) is 14.7. The van der Waals surface area contributed by atoms with E-state index in [0.717, 1.165) is 26.8 Å². The Bertz CT molecular complexity index is 841. The predicted octanol–water partition coefficient (Wildman–Crippen LogP) is 3.60. The Morgan fingerprint density at radius 3 is 2.91 bits per heavy atom. The molecule has 4 N–H and O–H groups in total. The first-order chi connectivity index (χ1) is 10.6. The summed E-state index contributed by atoms with van der Waals surface area (Å²) in [6.07, 6.45) is 3.45. The van der Waals surface area contributed by atoms with Gasteiger partial charge in [0, 0.05) is 28.3 Å². The molecule has 22 heavy (non-hydrogen) atoms. The molecule has 0 fully saturated rings. The SMILES string of the molecule is CC(N)c1ccc(C(=O)Nc2ccnc3[nH]ccc23)c(Br)c1. The molecule has 1 aromatic carbocycles. The summed E-state index contributed by atoms with van der Waals surface area (Å²) >= 11 is 3.44. The van der Waals surface area contributed by atoms with Crippen LogP contribution in [0.5, 0.6) is 0 Å². The minimum atomic E-state index is -0.184. The minimum Gasteiger partial charge on any atom is -0.346 e. The summed E-state index contributed by atoms with van der Waals surface area (Å²) in [5, 5.41) is 3.79. The van der Waals surface area contributed by atoms with Crippen LogP contribution in [-0.4, -0.2) is 15.9 Å². The first-order valence-corrected chi connectivity index (χ1v) is 7.64. The smallest absolute Gasteiger partial charge is 0.256 e. The van der Waals surface area contributed by atoms with E-state index in [0.29, 0.717) is 5.56 Å². The van der Waals surface area contributed by atoms with Crippen LogP contribution in [0, 0.1) is 0 Å². The number of halogens is 1. The second kappa shape index (κ2) is 5.90. The van der Waals surface area contributed by atoms with E-state index < -0.39 is 0 Å². The molecule has 2 aromatic heterocycles. The van der Waals surface area contributed by atoms with Gasteiger partial charge < -0.3 is 16.0 Å². The van der Waals surface area contributed by atoms with Crippen LogP contribution < -0.4 is 11.1 Å². The van der Waals surface area contributed by atoms with Crippen LogP contribution in [0.15, 0.2) is 47.2 Å². The number of hydrogen-bond acceptors (Lipinski definition) is 3. The summed E-state index contributed by atoms with van der Waals surface area (Å²) < 4.78 is 0.721. The highest BCUT2D eigenvalue weighted by Gasteiger charge is 2.13. The number of nitrogens with zero attached hydrogens (tertiary/aromatic N) is 1. The lowest BCUT2D eigenvalue weighted by molar-refractivity contribution is 0.102. The highest BCUT2D eigenvalue weighted by molar-refractivity contribution is 9.10. The zero-order valence-corrected chi connectivity index (χ0v) is 13.5. The Hall–Kier alpha value is -2.18. The van der Waals surface area contributed by atoms with Crippen molar-refractivity contribution >= 4 is 38.6 Å². The molecule has 112 valence electrons. The number of H-pyrrole nitrogens is 1. The van der Waals surface area contributed by atoms with Gasteiger partial charge in [-0.25, -0.2) is 4.98 Å². The summed E-state index contributed by atoms with van der Waals surface area (Å²) in [6, 6.07) is 9.09. The molecule has 3 aromatic rings. The van der Waals surface area contributed by atoms with Crippen LogP contribution in [-0.2, 0) is 0 Å². The molecular weight excluding hydrogens is 344 g/mol. The lowest BCUT2D eigenvalue weighted by Crippen LogP contribution is -2.14. The van der Waals surface area contributed by atoms with Gasteiger partial charge in [-0.2, -0.15) is 0 Å². The number of aromatic amines is 1. The Balaban J connectivity index is 1.90. The fourth-order valence-corrected chi connectivity index (χ4v) is 2.83. The molecule has 2 heterocycles. The largest absolute Gasteiger partial charge is 0.346 e. The number of aromatic nitrogens is 2. The Labute approximate surface area is 136 Å². The van der Waals surface area contributed by atoms with Crippen molar-refractivity contribution < 1.29 is 4.79 Å². The number of nitrogens with two attached hydrogens (primary N) is 1. The van der Waals surface area contributed by atoms with Gasteiger partial charge in [-0.05, 0) is 52.7 Å². The van der Waals surface area contributed by atoms with Gasteiger partial charge in [-0.15, -0.1) is 0 Å². The Morgan fingerprint density at radius 1 is 1.36 bits per heavy atom. The summed E-state index contributed by atoms with van der Waals surface area (Å²) in [6.45, 7) is 1.90. The number of amides is 1. The van der Waals surface area contributed by atoms with E-state index in [4.69, 9.17) is 5.73 Å². The van der Waals surface area contributed by atoms with Crippen molar-refractivity contribution in [3.63, 3.8) is 0 Å². The molecule has 0 aliphatic rings. The maximum Gasteiger partial charge on any atom is 0.256 e. The Morgan fingerprint density at radius 2 is 2.18 bits per heavy atom. The monoisotopic (exact) mass is 358 g/mol. The van der Waals surface area contributed by atoms with Gasteiger partial charge in [-0.3, -0.25) is 4.79 Å². The predicted molar refractivity (Wildman–Crippen MR) is 90.8 cm³/mol. The third kappa shape index (κ3) is 2.75. The van der Waals surface area contributed by atoms with Gasteiger partial charge in [0.05, 0.1) is 11.3 Å². The van der Waals surface area contributed by atoms with Gasteiger partial charge in [0.1, 0.15) is 5.65 Å². The van der Waals surface area contributed by atoms with Crippen molar-refractivity contribution in [3.05, 3.63) is 58.3 Å². The van der Waals surface area contributed by atoms with Gasteiger partial charge in [-0.1, -0.05) is 6.07 Å². The van der Waals surface area contributed by atoms with Gasteiger partial charge in [0.25, 0.3) is 5.91 Å². The van der Waals surface area contributed by atoms with E-state index in [1.54, 1.807) is 24.5 Å². The highest BCUT2D eigenvalue weighted by atomic mass is 79.9. The molecule has 0 saturated heterocycles. The quantitative estimate of drug-likeness (QED) is 0.668. The molecule has 0 aliphatic carbocycles. The first-order valence-electron chi connectivity index (χ1n) is 6.84. The number of fused-ring (bicyclic) bond motifs is 1. The summed E-state index contributed by atoms with van der Waals surface area (Å²) in [4.78, 5) is 19.7. The number of nitrogens with one attached hydrogen (secondary N) is 2. The molecule has 0 spiro atoms. The molecule has 0 radical (unpaired) electrons. The maximum atomic E-state index is 12.5. The molecular formula is C16H15BrN4O. The third-order valence-electron chi connectivity index (χ3n) is 3.47. The van der Waals surface area contributed by atoms with Crippen LogP contribution in [0.4, 0.5) is 5.69 Å². The Kier molecular flexibility index (Phi) is 3.96. The van der Waals surface area contributed by atoms with Crippen molar-refractivity contribution in [1.29, 1.82) is 0 Å². The van der Waals surface area contributed by atoms with E-state index >= 15 is 0 Å². The number of hydrogen-bond donors (Lipinski definition) is 3. The lowest BCUT2D eigenvalue weighted by atomic mass is 10.1. The van der Waals surface area contributed by atoms with Gasteiger partial charge in [0.2, 0.25) is 0 Å². The number of anilines is 1. The molecule has 0 saturated carbocycles. The normalized spacial score (nSPS) is 12.3. The highest BCUT2D eigenvalue weighted by Crippen LogP contribution is 2.25. The van der Waals surface area contributed by atoms with Gasteiger partial charge >= 0.3 is 0 Å². The van der Waals surface area contributed by atoms with E-state index in [-0.39, 0.29) is 11.9 Å². The third-order valence-corrected chi connectivity index (χ3v) is 4.13. The molecule has 3 rings (SSSR count). The van der Waals surface area contributed by atoms with E-state index in [9.17, 15) is 4.79 Å². The fourth-order valence-electron chi connectivity index (χ4n) is 2.26. The van der Waals surface area contributed by atoms with Crippen molar-refractivity contribution in [1.82, 2.24) is 9.97 Å². The van der Waals surface area contributed by atoms with Gasteiger partial charge in [0.15, 0.2) is 0 Å². The number of rotatable bonds is 3. The maximum absolute atomic E-state index is 12.5. The lowest BCUT2D eigenvalue weighted by Gasteiger charge is -2.11. The number of carbonyl (C=O) groups excluding carboxylic acids is 1. The second-order valence-corrected chi connectivity index (χ2v) is 5.93. The molecule has 0 aliphatic heterocycles. The van der Waals surface area contributed by atoms with Crippen LogP contribution in [0.1, 0.15) is 28.9 Å². The minimum absolute atomic E-state index is 0.0758. The van der Waals surface area contributed by atoms with Crippen LogP contribution in [0.3, 0.4) is 0 Å². The summed E-state index contributed by atoms with van der Waals surface area (Å²) in [5.74, 6) is -0.184. The zero-order chi connectivity index (χ0) is 15.7. The average molecular weight is 359 g/mol. The molecule has 1 unspecified atom stereocenters. The van der Waals surface area contributed by atoms with Crippen LogP contribution in [0.2, 0.25) is 0 Å². The second-order valence-electron chi connectivity index (χ2n) is 5.08. The van der Waals surface area contributed by atoms with E-state index in [1.807, 2.05) is 25.1 Å². The molecule has 0 bridgehead atoms. The summed E-state index contributed by atoms with van der Waals surface area (Å²) in [7, 11) is 0. The van der Waals surface area contributed by atoms with Crippen molar-refractivity contribution in [3.8, 4) is 0 Å². The average Bonchev–Trinajstić information content (AvgIpc) is 2.96. The molecule has 5 nitrogen and oxygen atoms in total. The summed E-state index contributed by atoms with van der Waals surface area (Å²) in [5.41, 5.74) is 8.85. The molecule has 1 atom stereocenters. The van der Waals surface area contributed by atoms with Crippen LogP contribution >= 0.6 is 15.9 Å². The number of pyridine rings is 1.